The molecular formula is C60H47B7N2. The van der Waals surface area contributed by atoms with Crippen LogP contribution in [-0.4, -0.2) is 64.1 Å². The first-order valence-electron chi connectivity index (χ1n) is 24.3. The van der Waals surface area contributed by atoms with Crippen LogP contribution < -0.4 is 38.2 Å². The molecule has 0 N–H and O–H groups in total. The Labute approximate surface area is 410 Å². The summed E-state index contributed by atoms with van der Waals surface area (Å²) in [6.45, 7) is 0. The molecule has 0 radical (unpaired) electrons. The summed E-state index contributed by atoms with van der Waals surface area (Å²) in [7, 11) is 16.3. The van der Waals surface area contributed by atoms with Gasteiger partial charge in [-0.25, -0.2) is 0 Å². The fourth-order valence-corrected chi connectivity index (χ4v) is 11.6. The number of aromatic nitrogens is 2. The van der Waals surface area contributed by atoms with E-state index in [1.807, 2.05) is 0 Å². The van der Waals surface area contributed by atoms with Crippen molar-refractivity contribution in [2.24, 2.45) is 0 Å². The second-order valence-electron chi connectivity index (χ2n) is 19.0. The Morgan fingerprint density at radius 2 is 0.739 bits per heavy atom. The van der Waals surface area contributed by atoms with Gasteiger partial charge < -0.3 is 9.13 Å². The maximum absolute atomic E-state index is 2.58. The monoisotopic (exact) mass is 872 g/mol. The largest absolute Gasteiger partial charge is 0.310 e. The van der Waals surface area contributed by atoms with Gasteiger partial charge in [0.25, 0.3) is 0 Å². The van der Waals surface area contributed by atoms with Gasteiger partial charge in [0.2, 0.25) is 0 Å². The minimum absolute atomic E-state index is 1.17. The molecule has 2 aromatic heterocycles. The summed E-state index contributed by atoms with van der Waals surface area (Å²) in [5.41, 5.74) is 29.0. The Balaban J connectivity index is 1.08. The van der Waals surface area contributed by atoms with Crippen LogP contribution in [0.3, 0.4) is 0 Å². The summed E-state index contributed by atoms with van der Waals surface area (Å²) in [5.74, 6) is 0. The summed E-state index contributed by atoms with van der Waals surface area (Å²) in [4.78, 5) is 0. The van der Waals surface area contributed by atoms with Gasteiger partial charge in [0.1, 0.15) is 54.9 Å². The van der Waals surface area contributed by atoms with Gasteiger partial charge in [-0.15, -0.1) is 5.46 Å². The highest BCUT2D eigenvalue weighted by Gasteiger charge is 2.26. The average molecular weight is 872 g/mol. The van der Waals surface area contributed by atoms with E-state index >= 15 is 0 Å². The maximum Gasteiger partial charge on any atom is 0.141 e. The quantitative estimate of drug-likeness (QED) is 0.215. The number of para-hydroxylation sites is 1. The minimum Gasteiger partial charge on any atom is -0.310 e. The lowest BCUT2D eigenvalue weighted by atomic mass is 9.64. The zero-order valence-electron chi connectivity index (χ0n) is 40.4. The molecule has 0 amide bonds. The third-order valence-corrected chi connectivity index (χ3v) is 15.5. The van der Waals surface area contributed by atoms with E-state index in [0.29, 0.717) is 0 Å². The van der Waals surface area contributed by atoms with Crippen molar-refractivity contribution in [1.82, 2.24) is 9.13 Å². The Morgan fingerprint density at radius 3 is 1.36 bits per heavy atom. The van der Waals surface area contributed by atoms with E-state index in [-0.39, 0.29) is 0 Å². The van der Waals surface area contributed by atoms with Crippen molar-refractivity contribution < 1.29 is 0 Å². The molecule has 12 rings (SSSR count). The zero-order valence-corrected chi connectivity index (χ0v) is 40.4. The van der Waals surface area contributed by atoms with E-state index in [0.717, 1.165) is 0 Å². The molecular weight excluding hydrogens is 824 g/mol. The van der Waals surface area contributed by atoms with E-state index in [4.69, 9.17) is 0 Å². The third kappa shape index (κ3) is 6.73. The number of hydrogen-bond acceptors (Lipinski definition) is 0. The van der Waals surface area contributed by atoms with Crippen LogP contribution in [0.2, 0.25) is 0 Å². The van der Waals surface area contributed by atoms with E-state index in [9.17, 15) is 0 Å². The number of nitrogens with zero attached hydrogens (tertiary/aromatic N) is 2. The number of benzene rings is 10. The van der Waals surface area contributed by atoms with Crippen LogP contribution >= 0.6 is 0 Å². The van der Waals surface area contributed by atoms with Crippen molar-refractivity contribution in [3.63, 3.8) is 0 Å². The van der Waals surface area contributed by atoms with Crippen LogP contribution in [-0.2, 0) is 0 Å². The molecule has 0 saturated carbocycles. The first kappa shape index (κ1) is 42.6. The topological polar surface area (TPSA) is 9.86 Å². The van der Waals surface area contributed by atoms with E-state index in [1.54, 1.807) is 0 Å². The van der Waals surface area contributed by atoms with Crippen LogP contribution in [0.25, 0.3) is 111 Å². The second-order valence-corrected chi connectivity index (χ2v) is 19.0. The van der Waals surface area contributed by atoms with Crippen molar-refractivity contribution >= 4 is 137 Å². The number of fused-ring (bicyclic) bond motifs is 6. The number of hydrogen-bond donors (Lipinski definition) is 0. The van der Waals surface area contributed by atoms with Crippen molar-refractivity contribution in [1.29, 1.82) is 0 Å². The first-order valence-corrected chi connectivity index (χ1v) is 24.3. The zero-order chi connectivity index (χ0) is 47.1. The Hall–Kier alpha value is -7.75. The van der Waals surface area contributed by atoms with E-state index in [2.05, 4.69) is 264 Å². The van der Waals surface area contributed by atoms with Crippen LogP contribution in [0.5, 0.6) is 0 Å². The van der Waals surface area contributed by atoms with Crippen LogP contribution in [0.4, 0.5) is 0 Å². The van der Waals surface area contributed by atoms with Gasteiger partial charge in [-0.2, -0.15) is 0 Å². The minimum atomic E-state index is 1.17. The van der Waals surface area contributed by atoms with Crippen LogP contribution in [0.1, 0.15) is 0 Å². The third-order valence-electron chi connectivity index (χ3n) is 15.5. The molecule has 0 unspecified atom stereocenters. The Bertz CT molecular complexity index is 3990. The van der Waals surface area contributed by atoms with Gasteiger partial charge in [-0.05, 0) is 91.9 Å². The van der Waals surface area contributed by atoms with Crippen molar-refractivity contribution in [3.8, 4) is 67.0 Å². The standard InChI is InChI=1S/C60H47B7N2/c61-52-48(40-29-32-46-44(33-40)49-43(39-17-8-3-9-18-39)20-12-22-47(49)69(46)45-21-11-10-19-42(45)38-15-6-2-7-16-38)53(62)57(66)59-50(52)51-54(63)55(64)56(65)58(67)60(51)68(59)41-30-27-37(28-31-41)36-25-23-35(24-26-36)34-13-4-1-5-14-34/h1-33H,61-67H2. The predicted molar refractivity (Wildman–Crippen MR) is 320 cm³/mol. The lowest BCUT2D eigenvalue weighted by Crippen LogP contribution is -2.48. The Kier molecular flexibility index (Phi) is 10.4. The molecule has 0 fully saturated rings. The highest BCUT2D eigenvalue weighted by atomic mass is 15.0. The lowest BCUT2D eigenvalue weighted by Gasteiger charge is -2.19. The van der Waals surface area contributed by atoms with Gasteiger partial charge in [-0.1, -0.05) is 197 Å². The molecule has 2 heterocycles. The summed E-state index contributed by atoms with van der Waals surface area (Å²) < 4.78 is 5.07. The van der Waals surface area contributed by atoms with Gasteiger partial charge in [0.15, 0.2) is 0 Å². The normalized spacial score (nSPS) is 11.6. The average Bonchev–Trinajstić information content (AvgIpc) is 3.94. The predicted octanol–water partition coefficient (Wildman–Crippen LogP) is 4.02. The molecule has 318 valence electrons. The Morgan fingerprint density at radius 1 is 0.275 bits per heavy atom. The summed E-state index contributed by atoms with van der Waals surface area (Å²) in [5, 5.41) is 5.21. The smallest absolute Gasteiger partial charge is 0.141 e. The molecule has 0 spiro atoms. The van der Waals surface area contributed by atoms with Crippen LogP contribution in [0.15, 0.2) is 200 Å². The van der Waals surface area contributed by atoms with E-state index in [1.165, 1.54) is 149 Å². The van der Waals surface area contributed by atoms with Crippen molar-refractivity contribution in [3.05, 3.63) is 200 Å². The molecule has 0 aliphatic rings. The molecule has 0 atom stereocenters. The number of rotatable bonds is 7. The molecule has 0 saturated heterocycles. The van der Waals surface area contributed by atoms with Gasteiger partial charge >= 0.3 is 0 Å². The van der Waals surface area contributed by atoms with Gasteiger partial charge in [0, 0.05) is 38.4 Å². The van der Waals surface area contributed by atoms with Gasteiger partial charge in [-0.3, -0.25) is 0 Å². The first-order chi connectivity index (χ1) is 33.7. The van der Waals surface area contributed by atoms with Crippen molar-refractivity contribution in [2.75, 3.05) is 0 Å². The lowest BCUT2D eigenvalue weighted by molar-refractivity contribution is 1.18. The molecule has 12 aromatic rings. The fourth-order valence-electron chi connectivity index (χ4n) is 11.6. The highest BCUT2D eigenvalue weighted by Crippen LogP contribution is 2.42. The summed E-state index contributed by atoms with van der Waals surface area (Å²) in [6, 6.07) is 73.4. The van der Waals surface area contributed by atoms with E-state index < -0.39 is 0 Å². The molecule has 69 heavy (non-hydrogen) atoms. The second kappa shape index (κ2) is 16.8. The SMILES string of the molecule is Bc1c(B)c(B)c2c(c1B)c1c(B)c(-c3ccc4c(c3)c3c(-c5ccccc5)cccc3n4-c3ccccc3-c3ccccc3)c(B)c(B)c1n2-c1ccc(-c2ccc(-c3ccccc3)cc2)cc1. The molecule has 0 bridgehead atoms. The fraction of sp³-hybridized carbons (Fsp3) is 0. The summed E-state index contributed by atoms with van der Waals surface area (Å²) in [6.07, 6.45) is 0. The van der Waals surface area contributed by atoms with Crippen molar-refractivity contribution in [2.45, 2.75) is 0 Å². The molecule has 0 aliphatic carbocycles. The molecule has 2 nitrogen and oxygen atoms in total. The van der Waals surface area contributed by atoms with Crippen LogP contribution in [0, 0.1) is 0 Å². The highest BCUT2D eigenvalue weighted by molar-refractivity contribution is 6.69. The summed E-state index contributed by atoms with van der Waals surface area (Å²) >= 11 is 0. The molecule has 9 heteroatoms. The maximum atomic E-state index is 2.58. The van der Waals surface area contributed by atoms with Gasteiger partial charge in [0.05, 0.1) is 16.7 Å². The molecule has 0 aliphatic heterocycles. The molecule has 10 aromatic carbocycles.